The molecule has 0 N–H and O–H groups in total. The van der Waals surface area contributed by atoms with Crippen LogP contribution in [0.1, 0.15) is 11.1 Å². The summed E-state index contributed by atoms with van der Waals surface area (Å²) >= 11 is 1.37. The third kappa shape index (κ3) is 3.37. The van der Waals surface area contributed by atoms with Crippen molar-refractivity contribution in [1.29, 1.82) is 5.26 Å². The van der Waals surface area contributed by atoms with Gasteiger partial charge in [-0.25, -0.2) is 9.37 Å². The average Bonchev–Trinajstić information content (AvgIpc) is 3.16. The zero-order chi connectivity index (χ0) is 21.4. The minimum atomic E-state index is -0.376. The second-order valence-electron chi connectivity index (χ2n) is 6.95. The molecule has 5 rings (SSSR count). The van der Waals surface area contributed by atoms with Gasteiger partial charge in [0.05, 0.1) is 27.7 Å². The van der Waals surface area contributed by atoms with E-state index in [9.17, 15) is 14.4 Å². The normalized spacial score (nSPS) is 11.1. The maximum Gasteiger partial charge on any atom is 0.266 e. The Hall–Kier alpha value is -3.89. The molecule has 0 aliphatic heterocycles. The highest BCUT2D eigenvalue weighted by atomic mass is 32.2. The van der Waals surface area contributed by atoms with Crippen LogP contribution in [0.3, 0.4) is 0 Å². The van der Waals surface area contributed by atoms with Crippen molar-refractivity contribution in [2.45, 2.75) is 10.9 Å². The molecule has 0 radical (unpaired) electrons. The highest BCUT2D eigenvalue weighted by Crippen LogP contribution is 2.28. The number of fused-ring (bicyclic) bond motifs is 2. The number of para-hydroxylation sites is 1. The molecule has 0 atom stereocenters. The van der Waals surface area contributed by atoms with E-state index in [2.05, 4.69) is 6.07 Å². The highest BCUT2D eigenvalue weighted by Gasteiger charge is 2.16. The van der Waals surface area contributed by atoms with Gasteiger partial charge in [0.25, 0.3) is 5.56 Å². The number of hydrogen-bond donors (Lipinski definition) is 0. The Bertz CT molecular complexity index is 1530. The predicted octanol–water partition coefficient (Wildman–Crippen LogP) is 4.94. The molecule has 150 valence electrons. The lowest BCUT2D eigenvalue weighted by Crippen LogP contribution is -2.21. The Balaban J connectivity index is 1.63. The van der Waals surface area contributed by atoms with Crippen LogP contribution in [-0.2, 0) is 5.75 Å². The first kappa shape index (κ1) is 19.1. The second kappa shape index (κ2) is 7.74. The van der Waals surface area contributed by atoms with Crippen LogP contribution in [0.15, 0.2) is 89.1 Å². The van der Waals surface area contributed by atoms with Crippen LogP contribution >= 0.6 is 11.8 Å². The lowest BCUT2D eigenvalue weighted by Gasteiger charge is -2.13. The lowest BCUT2D eigenvalue weighted by atomic mass is 10.2. The number of halogens is 1. The van der Waals surface area contributed by atoms with Crippen molar-refractivity contribution >= 4 is 28.2 Å². The molecule has 0 aliphatic carbocycles. The first-order valence-electron chi connectivity index (χ1n) is 9.55. The zero-order valence-electron chi connectivity index (χ0n) is 16.2. The van der Waals surface area contributed by atoms with E-state index in [1.54, 1.807) is 30.3 Å². The minimum Gasteiger partial charge on any atom is -0.322 e. The number of nitriles is 1. The molecular formula is C24H15FN4OS. The quantitative estimate of drug-likeness (QED) is 0.302. The van der Waals surface area contributed by atoms with Crippen LogP contribution < -0.4 is 5.56 Å². The minimum absolute atomic E-state index is 0.220. The fourth-order valence-corrected chi connectivity index (χ4v) is 4.57. The molecule has 7 heteroatoms. The fourth-order valence-electron chi connectivity index (χ4n) is 3.59. The van der Waals surface area contributed by atoms with Crippen LogP contribution in [0.25, 0.3) is 22.1 Å². The number of pyridine rings is 1. The summed E-state index contributed by atoms with van der Waals surface area (Å²) < 4.78 is 16.9. The summed E-state index contributed by atoms with van der Waals surface area (Å²) in [6.45, 7) is 0. The smallest absolute Gasteiger partial charge is 0.266 e. The average molecular weight is 426 g/mol. The van der Waals surface area contributed by atoms with Gasteiger partial charge in [0.15, 0.2) is 5.16 Å². The van der Waals surface area contributed by atoms with Crippen molar-refractivity contribution in [2.75, 3.05) is 0 Å². The molecule has 5 nitrogen and oxygen atoms in total. The van der Waals surface area contributed by atoms with Crippen LogP contribution in [-0.4, -0.2) is 14.0 Å². The molecule has 5 aromatic rings. The molecule has 0 bridgehead atoms. The second-order valence-corrected chi connectivity index (χ2v) is 7.89. The Labute approximate surface area is 181 Å². The Kier molecular flexibility index (Phi) is 4.77. The summed E-state index contributed by atoms with van der Waals surface area (Å²) in [7, 11) is 0. The molecule has 0 fully saturated rings. The van der Waals surface area contributed by atoms with Crippen LogP contribution in [0.2, 0.25) is 0 Å². The van der Waals surface area contributed by atoms with Crippen molar-refractivity contribution in [1.82, 2.24) is 14.0 Å². The van der Waals surface area contributed by atoms with E-state index in [0.717, 1.165) is 11.1 Å². The molecule has 0 saturated heterocycles. The lowest BCUT2D eigenvalue weighted by molar-refractivity contribution is 0.627. The molecule has 3 aromatic heterocycles. The number of hydrogen-bond acceptors (Lipinski definition) is 4. The van der Waals surface area contributed by atoms with Gasteiger partial charge in [0, 0.05) is 18.1 Å². The van der Waals surface area contributed by atoms with Gasteiger partial charge >= 0.3 is 0 Å². The van der Waals surface area contributed by atoms with Gasteiger partial charge in [-0.1, -0.05) is 30.0 Å². The van der Waals surface area contributed by atoms with Gasteiger partial charge in [-0.3, -0.25) is 9.36 Å². The molecule has 0 unspecified atom stereocenters. The van der Waals surface area contributed by atoms with Gasteiger partial charge in [-0.2, -0.15) is 5.26 Å². The van der Waals surface area contributed by atoms with Gasteiger partial charge < -0.3 is 4.40 Å². The SMILES string of the molecule is N#Cc1c(CSc2nc3ccccc3c(=O)n2-c2ccc(F)cc2)cn2ccccc12. The molecule has 0 spiro atoms. The topological polar surface area (TPSA) is 63.1 Å². The molecule has 0 aliphatic rings. The summed E-state index contributed by atoms with van der Waals surface area (Å²) in [6, 6.07) is 20.9. The molecule has 0 saturated carbocycles. The van der Waals surface area contributed by atoms with Crippen LogP contribution in [0, 0.1) is 17.1 Å². The third-order valence-corrected chi connectivity index (χ3v) is 6.05. The van der Waals surface area contributed by atoms with E-state index >= 15 is 0 Å². The van der Waals surface area contributed by atoms with Crippen molar-refractivity contribution in [3.05, 3.63) is 106 Å². The van der Waals surface area contributed by atoms with Crippen molar-refractivity contribution < 1.29 is 4.39 Å². The van der Waals surface area contributed by atoms with E-state index in [1.807, 2.05) is 41.1 Å². The number of aromatic nitrogens is 3. The van der Waals surface area contributed by atoms with Crippen LogP contribution in [0.5, 0.6) is 0 Å². The van der Waals surface area contributed by atoms with Crippen LogP contribution in [0.4, 0.5) is 4.39 Å². The zero-order valence-corrected chi connectivity index (χ0v) is 17.0. The Morgan fingerprint density at radius 2 is 1.81 bits per heavy atom. The van der Waals surface area contributed by atoms with E-state index in [1.165, 1.54) is 28.5 Å². The maximum absolute atomic E-state index is 13.5. The first-order valence-corrected chi connectivity index (χ1v) is 10.5. The van der Waals surface area contributed by atoms with Gasteiger partial charge in [0.1, 0.15) is 11.9 Å². The van der Waals surface area contributed by atoms with Gasteiger partial charge in [0.2, 0.25) is 0 Å². The molecular weight excluding hydrogens is 411 g/mol. The largest absolute Gasteiger partial charge is 0.322 e. The predicted molar refractivity (Wildman–Crippen MR) is 119 cm³/mol. The maximum atomic E-state index is 13.5. The molecule has 31 heavy (non-hydrogen) atoms. The number of rotatable bonds is 4. The summed E-state index contributed by atoms with van der Waals surface area (Å²) in [5.74, 6) is 0.0789. The number of nitrogens with zero attached hydrogens (tertiary/aromatic N) is 4. The molecule has 2 aromatic carbocycles. The Morgan fingerprint density at radius 1 is 1.03 bits per heavy atom. The summed E-state index contributed by atoms with van der Waals surface area (Å²) in [5, 5.41) is 10.6. The monoisotopic (exact) mass is 426 g/mol. The van der Waals surface area contributed by atoms with Crippen molar-refractivity contribution in [3.8, 4) is 11.8 Å². The van der Waals surface area contributed by atoms with E-state index in [0.29, 0.717) is 33.1 Å². The fraction of sp³-hybridized carbons (Fsp3) is 0.0417. The van der Waals surface area contributed by atoms with Gasteiger partial charge in [-0.05, 0) is 54.1 Å². The summed E-state index contributed by atoms with van der Waals surface area (Å²) in [5.41, 5.74) is 3.20. The molecule has 0 amide bonds. The van der Waals surface area contributed by atoms with E-state index in [-0.39, 0.29) is 11.4 Å². The van der Waals surface area contributed by atoms with Crippen molar-refractivity contribution in [3.63, 3.8) is 0 Å². The standard InChI is InChI=1S/C24H15FN4OS/c25-17-8-10-18(11-9-17)29-23(30)19-5-1-2-6-21(19)27-24(29)31-15-16-14-28-12-4-3-7-22(28)20(16)13-26/h1-12,14H,15H2. The van der Waals surface area contributed by atoms with Crippen molar-refractivity contribution in [2.24, 2.45) is 0 Å². The summed E-state index contributed by atoms with van der Waals surface area (Å²) in [6.07, 6.45) is 3.81. The number of thioether (sulfide) groups is 1. The third-order valence-electron chi connectivity index (χ3n) is 5.06. The first-order chi connectivity index (χ1) is 15.2. The van der Waals surface area contributed by atoms with Gasteiger partial charge in [-0.15, -0.1) is 0 Å². The van der Waals surface area contributed by atoms with E-state index in [4.69, 9.17) is 4.98 Å². The highest BCUT2D eigenvalue weighted by molar-refractivity contribution is 7.98. The van der Waals surface area contributed by atoms with E-state index < -0.39 is 0 Å². The molecule has 3 heterocycles. The Morgan fingerprint density at radius 3 is 2.61 bits per heavy atom. The summed E-state index contributed by atoms with van der Waals surface area (Å²) in [4.78, 5) is 18.0. The number of benzene rings is 2.